The van der Waals surface area contributed by atoms with Gasteiger partial charge in [0.05, 0.1) is 16.6 Å². The summed E-state index contributed by atoms with van der Waals surface area (Å²) in [6.07, 6.45) is 3.12. The molecule has 2 aromatic carbocycles. The van der Waals surface area contributed by atoms with E-state index in [1.807, 2.05) is 29.2 Å². The summed E-state index contributed by atoms with van der Waals surface area (Å²) in [6, 6.07) is 16.2. The molecule has 0 spiro atoms. The number of carbonyl (C=O) groups is 3. The molecule has 37 heavy (non-hydrogen) atoms. The number of piperidine rings is 1. The number of thiazole rings is 1. The third-order valence-electron chi connectivity index (χ3n) is 7.15. The first-order valence-electron chi connectivity index (χ1n) is 12.3. The predicted molar refractivity (Wildman–Crippen MR) is 141 cm³/mol. The minimum absolute atomic E-state index is 0.0686. The molecule has 6 rings (SSSR count). The Hall–Kier alpha value is -3.37. The summed E-state index contributed by atoms with van der Waals surface area (Å²) in [4.78, 5) is 58.9. The Bertz CT molecular complexity index is 1410. The van der Waals surface area contributed by atoms with Crippen molar-refractivity contribution < 1.29 is 19.1 Å². The molecule has 1 N–H and O–H groups in total. The Balaban J connectivity index is 1.37. The van der Waals surface area contributed by atoms with Crippen LogP contribution < -0.4 is 14.5 Å². The number of hydrogen-bond acceptors (Lipinski definition) is 7. The molecular weight excluding hydrogens is 510 g/mol. The molecule has 0 radical (unpaired) electrons. The number of carbonyl (C=O) groups excluding carboxylic acids is 3. The number of hydrogen-bond donors (Lipinski definition) is 1. The highest BCUT2D eigenvalue weighted by atomic mass is 32.2. The normalized spacial score (nSPS) is 23.1. The van der Waals surface area contributed by atoms with Crippen LogP contribution in [0.1, 0.15) is 35.6 Å². The average molecular weight is 536 g/mol. The van der Waals surface area contributed by atoms with Gasteiger partial charge in [-0.05, 0) is 37.5 Å². The third kappa shape index (κ3) is 4.27. The lowest BCUT2D eigenvalue weighted by Gasteiger charge is -2.31. The Labute approximate surface area is 221 Å². The Morgan fingerprint density at radius 1 is 0.946 bits per heavy atom. The zero-order chi connectivity index (χ0) is 25.5. The number of thioether (sulfide) groups is 1. The highest BCUT2D eigenvalue weighted by Gasteiger charge is 2.56. The van der Waals surface area contributed by atoms with Crippen molar-refractivity contribution in [1.29, 1.82) is 0 Å². The summed E-state index contributed by atoms with van der Waals surface area (Å²) >= 11 is 2.29. The Morgan fingerprint density at radius 3 is 2.46 bits per heavy atom. The largest absolute Gasteiger partial charge is 0.483 e. The van der Waals surface area contributed by atoms with Crippen molar-refractivity contribution in [3.05, 3.63) is 74.7 Å². The fourth-order valence-electron chi connectivity index (χ4n) is 5.43. The highest BCUT2D eigenvalue weighted by molar-refractivity contribution is 8.00. The molecule has 10 heteroatoms. The number of nitrogens with zero attached hydrogens (tertiary/aromatic N) is 2. The molecule has 3 amide bonds. The van der Waals surface area contributed by atoms with Crippen molar-refractivity contribution in [2.45, 2.75) is 35.5 Å². The first-order chi connectivity index (χ1) is 18.0. The number of imide groups is 1. The quantitative estimate of drug-likeness (QED) is 0.501. The van der Waals surface area contributed by atoms with Gasteiger partial charge in [0.2, 0.25) is 11.8 Å². The molecule has 0 bridgehead atoms. The zero-order valence-corrected chi connectivity index (χ0v) is 21.6. The monoisotopic (exact) mass is 535 g/mol. The average Bonchev–Trinajstić information content (AvgIpc) is 3.42. The van der Waals surface area contributed by atoms with E-state index < -0.39 is 17.1 Å². The second-order valence-corrected chi connectivity index (χ2v) is 11.5. The van der Waals surface area contributed by atoms with Gasteiger partial charge < -0.3 is 14.6 Å². The van der Waals surface area contributed by atoms with Gasteiger partial charge in [-0.3, -0.25) is 19.2 Å². The smallest absolute Gasteiger partial charge is 0.305 e. The van der Waals surface area contributed by atoms with Gasteiger partial charge in [0.25, 0.3) is 5.91 Å². The minimum atomic E-state index is -0.709. The van der Waals surface area contributed by atoms with Gasteiger partial charge in [-0.2, -0.15) is 0 Å². The first-order valence-corrected chi connectivity index (χ1v) is 14.0. The molecular formula is C27H25N3O5S2. The van der Waals surface area contributed by atoms with Gasteiger partial charge >= 0.3 is 4.87 Å². The van der Waals surface area contributed by atoms with Crippen molar-refractivity contribution in [3.8, 4) is 5.75 Å². The number of aromatic amines is 1. The molecule has 0 unspecified atom stereocenters. The topological polar surface area (TPSA) is 99.8 Å². The minimum Gasteiger partial charge on any atom is -0.483 e. The molecule has 8 nitrogen and oxygen atoms in total. The SMILES string of the molecule is O=C(COc1ccccc1[C@@H]1c2sc(=O)[nH]c2S[C@H]2C(=O)N(c3ccccc3)C(=O)[C@@H]12)N1CCCCC1. The van der Waals surface area contributed by atoms with Crippen LogP contribution >= 0.6 is 23.1 Å². The summed E-state index contributed by atoms with van der Waals surface area (Å²) in [5.74, 6) is -1.46. The van der Waals surface area contributed by atoms with Gasteiger partial charge in [0.1, 0.15) is 11.0 Å². The molecule has 3 aliphatic rings. The summed E-state index contributed by atoms with van der Waals surface area (Å²) in [5, 5.41) is -0.0741. The number of nitrogens with one attached hydrogen (secondary N) is 1. The van der Waals surface area contributed by atoms with E-state index in [9.17, 15) is 19.2 Å². The van der Waals surface area contributed by atoms with Gasteiger partial charge in [-0.25, -0.2) is 4.90 Å². The number of ether oxygens (including phenoxy) is 1. The van der Waals surface area contributed by atoms with Crippen LogP contribution in [0.5, 0.6) is 5.75 Å². The van der Waals surface area contributed by atoms with E-state index in [-0.39, 0.29) is 29.2 Å². The van der Waals surface area contributed by atoms with E-state index in [0.29, 0.717) is 26.9 Å². The van der Waals surface area contributed by atoms with E-state index >= 15 is 0 Å². The number of H-pyrrole nitrogens is 1. The van der Waals surface area contributed by atoms with Crippen LogP contribution in [0.2, 0.25) is 0 Å². The zero-order valence-electron chi connectivity index (χ0n) is 19.9. The van der Waals surface area contributed by atoms with Crippen LogP contribution in [-0.4, -0.2) is 52.6 Å². The van der Waals surface area contributed by atoms with E-state index in [4.69, 9.17) is 4.74 Å². The number of anilines is 1. The lowest BCUT2D eigenvalue weighted by atomic mass is 9.82. The summed E-state index contributed by atoms with van der Waals surface area (Å²) in [7, 11) is 0. The number of likely N-dealkylation sites (tertiary alicyclic amines) is 1. The maximum absolute atomic E-state index is 13.8. The fraction of sp³-hybridized carbons (Fsp3) is 0.333. The number of benzene rings is 2. The number of rotatable bonds is 5. The van der Waals surface area contributed by atoms with Crippen molar-refractivity contribution in [1.82, 2.24) is 9.88 Å². The number of fused-ring (bicyclic) bond motifs is 2. The van der Waals surface area contributed by atoms with Crippen molar-refractivity contribution >= 4 is 46.5 Å². The predicted octanol–water partition coefficient (Wildman–Crippen LogP) is 3.62. The number of aromatic nitrogens is 1. The molecule has 4 heterocycles. The van der Waals surface area contributed by atoms with E-state index in [0.717, 1.165) is 43.7 Å². The third-order valence-corrected chi connectivity index (χ3v) is 9.55. The van der Waals surface area contributed by atoms with E-state index in [1.54, 1.807) is 30.3 Å². The Kier molecular flexibility index (Phi) is 6.37. The standard InChI is InChI=1S/C27H25N3O5S2/c31-19(29-13-7-2-8-14-29)15-35-18-12-6-5-11-17(18)20-21-23(36-24-22(20)37-27(34)28-24)26(33)30(25(21)32)16-9-3-1-4-10-16/h1,3-6,9-12,20-21,23H,2,7-8,13-15H2,(H,28,34)/t20-,21-,23+/m0/s1. The van der Waals surface area contributed by atoms with Gasteiger partial charge in [-0.1, -0.05) is 59.5 Å². The molecule has 2 saturated heterocycles. The fourth-order valence-corrected chi connectivity index (χ4v) is 7.93. The van der Waals surface area contributed by atoms with Crippen LogP contribution in [0.3, 0.4) is 0 Å². The maximum Gasteiger partial charge on any atom is 0.305 e. The van der Waals surface area contributed by atoms with Gasteiger partial charge in [0, 0.05) is 29.4 Å². The van der Waals surface area contributed by atoms with E-state index in [2.05, 4.69) is 4.98 Å². The maximum atomic E-state index is 13.8. The lowest BCUT2D eigenvalue weighted by molar-refractivity contribution is -0.134. The number of amides is 3. The highest BCUT2D eigenvalue weighted by Crippen LogP contribution is 2.54. The molecule has 1 aromatic heterocycles. The molecule has 0 aliphatic carbocycles. The molecule has 190 valence electrons. The molecule has 0 saturated carbocycles. The van der Waals surface area contributed by atoms with Crippen molar-refractivity contribution in [2.24, 2.45) is 5.92 Å². The summed E-state index contributed by atoms with van der Waals surface area (Å²) < 4.78 is 6.06. The van der Waals surface area contributed by atoms with Crippen molar-refractivity contribution in [2.75, 3.05) is 24.6 Å². The van der Waals surface area contributed by atoms with Gasteiger partial charge in [0.15, 0.2) is 6.61 Å². The van der Waals surface area contributed by atoms with Crippen LogP contribution in [0.25, 0.3) is 0 Å². The Morgan fingerprint density at radius 2 is 1.68 bits per heavy atom. The lowest BCUT2D eigenvalue weighted by Crippen LogP contribution is -2.38. The van der Waals surface area contributed by atoms with Crippen LogP contribution in [0, 0.1) is 5.92 Å². The van der Waals surface area contributed by atoms with Crippen LogP contribution in [-0.2, 0) is 14.4 Å². The molecule has 3 aromatic rings. The van der Waals surface area contributed by atoms with Crippen LogP contribution in [0.4, 0.5) is 5.69 Å². The molecule has 2 fully saturated rings. The van der Waals surface area contributed by atoms with E-state index in [1.165, 1.54) is 16.7 Å². The summed E-state index contributed by atoms with van der Waals surface area (Å²) in [5.41, 5.74) is 1.22. The first kappa shape index (κ1) is 24.0. The molecule has 3 atom stereocenters. The number of para-hydroxylation sites is 2. The van der Waals surface area contributed by atoms with Crippen molar-refractivity contribution in [3.63, 3.8) is 0 Å². The van der Waals surface area contributed by atoms with Gasteiger partial charge in [-0.15, -0.1) is 0 Å². The second kappa shape index (κ2) is 9.83. The molecule has 3 aliphatic heterocycles. The van der Waals surface area contributed by atoms with Crippen LogP contribution in [0.15, 0.2) is 64.4 Å². The second-order valence-electron chi connectivity index (χ2n) is 9.37. The summed E-state index contributed by atoms with van der Waals surface area (Å²) in [6.45, 7) is 1.37.